The summed E-state index contributed by atoms with van der Waals surface area (Å²) < 4.78 is 12.1. The van der Waals surface area contributed by atoms with Crippen molar-refractivity contribution in [3.05, 3.63) is 0 Å². The molecule has 0 bridgehead atoms. The molecular formula is C17H32IN3O2. The molecule has 1 aliphatic heterocycles. The summed E-state index contributed by atoms with van der Waals surface area (Å²) in [4.78, 5) is 4.49. The highest BCUT2D eigenvalue weighted by Gasteiger charge is 2.42. The largest absolute Gasteiger partial charge is 0.370 e. The summed E-state index contributed by atoms with van der Waals surface area (Å²) in [6.07, 6.45) is 13.6. The molecule has 1 atom stereocenters. The van der Waals surface area contributed by atoms with Crippen LogP contribution in [-0.4, -0.2) is 37.0 Å². The molecule has 3 N–H and O–H groups in total. The molecule has 6 heteroatoms. The molecule has 1 saturated heterocycles. The van der Waals surface area contributed by atoms with Crippen molar-refractivity contribution < 1.29 is 9.47 Å². The quantitative estimate of drug-likeness (QED) is 0.308. The van der Waals surface area contributed by atoms with Gasteiger partial charge in [-0.15, -0.1) is 24.0 Å². The zero-order valence-corrected chi connectivity index (χ0v) is 16.4. The minimum absolute atomic E-state index is 0. The smallest absolute Gasteiger partial charge is 0.188 e. The highest BCUT2D eigenvalue weighted by molar-refractivity contribution is 14.0. The van der Waals surface area contributed by atoms with E-state index in [0.29, 0.717) is 25.2 Å². The van der Waals surface area contributed by atoms with Gasteiger partial charge in [0.25, 0.3) is 0 Å². The summed E-state index contributed by atoms with van der Waals surface area (Å²) in [5.41, 5.74) is 6.05. The van der Waals surface area contributed by atoms with Gasteiger partial charge in [-0.2, -0.15) is 0 Å². The summed E-state index contributed by atoms with van der Waals surface area (Å²) in [5.74, 6) is 0.266. The fraction of sp³-hybridized carbons (Fsp3) is 0.941. The Morgan fingerprint density at radius 3 is 2.39 bits per heavy atom. The van der Waals surface area contributed by atoms with E-state index in [4.69, 9.17) is 15.2 Å². The Bertz CT molecular complexity index is 378. The number of halogens is 1. The average molecular weight is 437 g/mol. The van der Waals surface area contributed by atoms with Gasteiger partial charge in [0.2, 0.25) is 0 Å². The molecule has 0 aromatic carbocycles. The maximum absolute atomic E-state index is 6.14. The van der Waals surface area contributed by atoms with Gasteiger partial charge in [-0.1, -0.05) is 32.1 Å². The van der Waals surface area contributed by atoms with Crippen molar-refractivity contribution in [3.63, 3.8) is 0 Å². The molecule has 0 aromatic heterocycles. The Kier molecular flexibility index (Phi) is 7.88. The number of guanidine groups is 1. The van der Waals surface area contributed by atoms with Crippen LogP contribution in [0.2, 0.25) is 0 Å². The summed E-state index contributed by atoms with van der Waals surface area (Å²) in [7, 11) is 0. The van der Waals surface area contributed by atoms with Crippen LogP contribution in [0.4, 0.5) is 0 Å². The normalized spacial score (nSPS) is 29.0. The Hall–Kier alpha value is -0.0800. The molecule has 3 aliphatic rings. The molecular weight excluding hydrogens is 405 g/mol. The lowest BCUT2D eigenvalue weighted by atomic mass is 9.94. The molecule has 1 unspecified atom stereocenters. The lowest BCUT2D eigenvalue weighted by Crippen LogP contribution is -2.40. The molecule has 2 aliphatic carbocycles. The summed E-state index contributed by atoms with van der Waals surface area (Å²) in [6.45, 7) is 1.26. The van der Waals surface area contributed by atoms with E-state index in [1.165, 1.54) is 57.8 Å². The highest BCUT2D eigenvalue weighted by atomic mass is 127. The number of aliphatic imine (C=N–C) groups is 1. The zero-order chi connectivity index (χ0) is 15.3. The number of hydrogen-bond donors (Lipinski definition) is 2. The van der Waals surface area contributed by atoms with Gasteiger partial charge in [0.05, 0.1) is 13.2 Å². The van der Waals surface area contributed by atoms with Crippen molar-refractivity contribution in [2.45, 2.75) is 88.6 Å². The van der Waals surface area contributed by atoms with Crippen molar-refractivity contribution in [2.24, 2.45) is 10.7 Å². The minimum atomic E-state index is -0.304. The maximum Gasteiger partial charge on any atom is 0.188 e. The van der Waals surface area contributed by atoms with Gasteiger partial charge in [-0.3, -0.25) is 4.99 Å². The topological polar surface area (TPSA) is 68.9 Å². The molecule has 1 heterocycles. The van der Waals surface area contributed by atoms with Crippen molar-refractivity contribution in [1.82, 2.24) is 5.32 Å². The number of hydrogen-bond acceptors (Lipinski definition) is 3. The van der Waals surface area contributed by atoms with Gasteiger partial charge in [0.15, 0.2) is 11.7 Å². The number of rotatable bonds is 3. The van der Waals surface area contributed by atoms with Crippen LogP contribution in [0.25, 0.3) is 0 Å². The second-order valence-electron chi connectivity index (χ2n) is 7.08. The fourth-order valence-corrected chi connectivity index (χ4v) is 3.94. The first-order valence-electron chi connectivity index (χ1n) is 9.14. The number of nitrogens with one attached hydrogen (secondary N) is 1. The van der Waals surface area contributed by atoms with E-state index >= 15 is 0 Å². The van der Waals surface area contributed by atoms with Crippen molar-refractivity contribution >= 4 is 29.9 Å². The molecule has 0 amide bonds. The van der Waals surface area contributed by atoms with Gasteiger partial charge in [-0.25, -0.2) is 0 Å². The van der Waals surface area contributed by atoms with Crippen molar-refractivity contribution in [1.29, 1.82) is 0 Å². The standard InChI is InChI=1S/C17H31N3O2.HI/c18-16(20-14-8-4-1-2-5-9-14)19-12-15-13-21-17(22-15)10-6-3-7-11-17;/h14-15H,1-13H2,(H3,18,19,20);1H. The first-order valence-corrected chi connectivity index (χ1v) is 9.14. The molecule has 0 aromatic rings. The van der Waals surface area contributed by atoms with E-state index in [1.54, 1.807) is 0 Å². The van der Waals surface area contributed by atoms with Crippen molar-refractivity contribution in [2.75, 3.05) is 13.2 Å². The van der Waals surface area contributed by atoms with Crippen LogP contribution < -0.4 is 11.1 Å². The van der Waals surface area contributed by atoms with Crippen LogP contribution in [0.1, 0.15) is 70.6 Å². The van der Waals surface area contributed by atoms with E-state index in [-0.39, 0.29) is 35.9 Å². The molecule has 2 saturated carbocycles. The van der Waals surface area contributed by atoms with E-state index in [0.717, 1.165) is 12.8 Å². The molecule has 3 rings (SSSR count). The highest BCUT2D eigenvalue weighted by Crippen LogP contribution is 2.37. The van der Waals surface area contributed by atoms with E-state index in [9.17, 15) is 0 Å². The van der Waals surface area contributed by atoms with E-state index in [1.807, 2.05) is 0 Å². The monoisotopic (exact) mass is 437 g/mol. The molecule has 134 valence electrons. The molecule has 1 spiro atoms. The predicted molar refractivity (Wildman–Crippen MR) is 103 cm³/mol. The number of nitrogens with zero attached hydrogens (tertiary/aromatic N) is 1. The lowest BCUT2D eigenvalue weighted by Gasteiger charge is -2.31. The third-order valence-electron chi connectivity index (χ3n) is 5.20. The minimum Gasteiger partial charge on any atom is -0.370 e. The Labute approximate surface area is 157 Å². The lowest BCUT2D eigenvalue weighted by molar-refractivity contribution is -0.186. The van der Waals surface area contributed by atoms with Crippen LogP contribution in [0, 0.1) is 0 Å². The average Bonchev–Trinajstić information content (AvgIpc) is 2.73. The SMILES string of the molecule is I.NC(=NCC1COC2(CCCCC2)O1)NC1CCCCCC1. The molecule has 5 nitrogen and oxygen atoms in total. The van der Waals surface area contributed by atoms with Crippen LogP contribution in [0.5, 0.6) is 0 Å². The first-order chi connectivity index (χ1) is 10.8. The zero-order valence-electron chi connectivity index (χ0n) is 14.1. The van der Waals surface area contributed by atoms with Crippen LogP contribution in [0.3, 0.4) is 0 Å². The van der Waals surface area contributed by atoms with Crippen LogP contribution in [0.15, 0.2) is 4.99 Å². The van der Waals surface area contributed by atoms with E-state index in [2.05, 4.69) is 10.3 Å². The Morgan fingerprint density at radius 1 is 1.04 bits per heavy atom. The maximum atomic E-state index is 6.14. The predicted octanol–water partition coefficient (Wildman–Crippen LogP) is 3.31. The van der Waals surface area contributed by atoms with E-state index < -0.39 is 0 Å². The van der Waals surface area contributed by atoms with Crippen molar-refractivity contribution in [3.8, 4) is 0 Å². The summed E-state index contributed by atoms with van der Waals surface area (Å²) in [6, 6.07) is 0.497. The number of nitrogens with two attached hydrogens (primary N) is 1. The third-order valence-corrected chi connectivity index (χ3v) is 5.20. The fourth-order valence-electron chi connectivity index (χ4n) is 3.94. The molecule has 0 radical (unpaired) electrons. The van der Waals surface area contributed by atoms with Crippen LogP contribution >= 0.6 is 24.0 Å². The second-order valence-corrected chi connectivity index (χ2v) is 7.08. The number of ether oxygens (including phenoxy) is 2. The third kappa shape index (κ3) is 5.74. The Morgan fingerprint density at radius 2 is 1.70 bits per heavy atom. The Balaban J connectivity index is 0.00000192. The van der Waals surface area contributed by atoms with Gasteiger partial charge in [-0.05, 0) is 25.7 Å². The first kappa shape index (κ1) is 19.2. The van der Waals surface area contributed by atoms with Gasteiger partial charge >= 0.3 is 0 Å². The molecule has 3 fully saturated rings. The van der Waals surface area contributed by atoms with Crippen LogP contribution in [-0.2, 0) is 9.47 Å². The van der Waals surface area contributed by atoms with Gasteiger partial charge in [0, 0.05) is 18.9 Å². The second kappa shape index (κ2) is 9.42. The van der Waals surface area contributed by atoms with Gasteiger partial charge in [0.1, 0.15) is 6.10 Å². The van der Waals surface area contributed by atoms with Gasteiger partial charge < -0.3 is 20.5 Å². The molecule has 23 heavy (non-hydrogen) atoms. The summed E-state index contributed by atoms with van der Waals surface area (Å²) >= 11 is 0. The summed E-state index contributed by atoms with van der Waals surface area (Å²) in [5, 5.41) is 3.39.